The molecule has 1 amide bonds. The molecule has 2 aliphatic rings. The van der Waals surface area contributed by atoms with Crippen LogP contribution in [0.15, 0.2) is 146 Å². The number of ether oxygens (including phenoxy) is 4. The predicted octanol–water partition coefficient (Wildman–Crippen LogP) is 12.9. The smallest absolute Gasteiger partial charge is 0.220 e. The maximum absolute atomic E-state index is 13.3. The molecule has 0 spiro atoms. The van der Waals surface area contributed by atoms with Gasteiger partial charge in [-0.3, -0.25) is 4.79 Å². The number of carbonyl (C=O) groups excluding carboxylic acids is 1. The third-order valence-corrected chi connectivity index (χ3v) is 15.1. The number of aliphatic hydroxyl groups is 8. The van der Waals surface area contributed by atoms with Crippen LogP contribution >= 0.6 is 0 Å². The zero-order chi connectivity index (χ0) is 62.3. The summed E-state index contributed by atoms with van der Waals surface area (Å²) in [4.78, 5) is 13.3. The number of hydrogen-bond acceptors (Lipinski definition) is 13. The van der Waals surface area contributed by atoms with E-state index in [1.807, 2.05) is 0 Å². The lowest BCUT2D eigenvalue weighted by atomic mass is 9.97. The molecule has 12 unspecified atom stereocenters. The van der Waals surface area contributed by atoms with Crippen LogP contribution in [0.25, 0.3) is 0 Å². The molecule has 0 saturated carbocycles. The SMILES string of the molecule is CC/C=C\C/C=C\C/C=C\C/C=C\C/C=C\C/C=C\C/C=C\C/C=C\C/C=C\C/C=C\C/C=C\C/C=C\CCCCCCC(=O)NC(COC1OC(CO)C(OC2OC(CO)C(O)C(O)C2O)C(O)C1O)C(O)CCCCCCCCCCCCC. The van der Waals surface area contributed by atoms with E-state index in [9.17, 15) is 45.6 Å². The van der Waals surface area contributed by atoms with Crippen molar-refractivity contribution in [2.45, 2.75) is 280 Å². The summed E-state index contributed by atoms with van der Waals surface area (Å²) in [5, 5.41) is 87.2. The van der Waals surface area contributed by atoms with Gasteiger partial charge in [0.15, 0.2) is 12.6 Å². The van der Waals surface area contributed by atoms with Crippen molar-refractivity contribution in [2.75, 3.05) is 19.8 Å². The van der Waals surface area contributed by atoms with Gasteiger partial charge in [-0.25, -0.2) is 0 Å². The van der Waals surface area contributed by atoms with E-state index < -0.39 is 86.8 Å². The van der Waals surface area contributed by atoms with Gasteiger partial charge in [-0.05, 0) is 103 Å². The molecule has 0 bridgehead atoms. The van der Waals surface area contributed by atoms with Crippen molar-refractivity contribution in [3.8, 4) is 0 Å². The minimum absolute atomic E-state index is 0.239. The molecule has 14 nitrogen and oxygen atoms in total. The highest BCUT2D eigenvalue weighted by Crippen LogP contribution is 2.30. The minimum atomic E-state index is -1.79. The zero-order valence-electron chi connectivity index (χ0n) is 52.7. The van der Waals surface area contributed by atoms with Crippen molar-refractivity contribution < 1.29 is 64.6 Å². The Hall–Kier alpha value is -4.13. The molecule has 12 atom stereocenters. The fourth-order valence-corrected chi connectivity index (χ4v) is 9.81. The topological polar surface area (TPSA) is 228 Å². The molecular formula is C72H117NO13. The van der Waals surface area contributed by atoms with E-state index in [0.717, 1.165) is 128 Å². The highest BCUT2D eigenvalue weighted by Gasteiger charge is 2.51. The Morgan fingerprint density at radius 1 is 0.430 bits per heavy atom. The summed E-state index contributed by atoms with van der Waals surface area (Å²) in [6.07, 6.45) is 65.9. The Morgan fingerprint density at radius 3 is 1.23 bits per heavy atom. The van der Waals surface area contributed by atoms with Gasteiger partial charge in [-0.2, -0.15) is 0 Å². The van der Waals surface area contributed by atoms with Crippen LogP contribution in [-0.4, -0.2) is 140 Å². The molecule has 0 aromatic rings. The van der Waals surface area contributed by atoms with Crippen molar-refractivity contribution in [3.63, 3.8) is 0 Å². The van der Waals surface area contributed by atoms with Gasteiger partial charge < -0.3 is 65.1 Å². The number of rotatable bonds is 51. The molecule has 0 aromatic heterocycles. The Kier molecular flexibility index (Phi) is 49.8. The number of carbonyl (C=O) groups is 1. The van der Waals surface area contributed by atoms with Crippen LogP contribution in [0.1, 0.15) is 206 Å². The molecule has 2 saturated heterocycles. The highest BCUT2D eigenvalue weighted by atomic mass is 16.7. The van der Waals surface area contributed by atoms with E-state index in [1.165, 1.54) is 44.9 Å². The van der Waals surface area contributed by atoms with E-state index in [4.69, 9.17) is 18.9 Å². The van der Waals surface area contributed by atoms with Gasteiger partial charge in [0.25, 0.3) is 0 Å². The molecule has 0 aromatic carbocycles. The fraction of sp³-hybridized carbons (Fsp3) is 0.653. The van der Waals surface area contributed by atoms with Crippen LogP contribution in [0.2, 0.25) is 0 Å². The highest BCUT2D eigenvalue weighted by molar-refractivity contribution is 5.76. The molecule has 0 radical (unpaired) electrons. The lowest BCUT2D eigenvalue weighted by molar-refractivity contribution is -0.359. The first-order chi connectivity index (χ1) is 42.1. The average Bonchev–Trinajstić information content (AvgIpc) is 1.60. The monoisotopic (exact) mass is 1200 g/mol. The zero-order valence-corrected chi connectivity index (χ0v) is 52.7. The molecule has 14 heteroatoms. The first-order valence-corrected chi connectivity index (χ1v) is 33.1. The summed E-state index contributed by atoms with van der Waals surface area (Å²) in [5.74, 6) is -0.239. The molecule has 0 aliphatic carbocycles. The van der Waals surface area contributed by atoms with Crippen molar-refractivity contribution in [1.29, 1.82) is 0 Å². The number of unbranched alkanes of at least 4 members (excludes halogenated alkanes) is 14. The van der Waals surface area contributed by atoms with Crippen LogP contribution in [0.5, 0.6) is 0 Å². The summed E-state index contributed by atoms with van der Waals surface area (Å²) in [6.45, 7) is 2.69. The molecular weight excluding hydrogens is 1090 g/mol. The third kappa shape index (κ3) is 39.0. The summed E-state index contributed by atoms with van der Waals surface area (Å²) >= 11 is 0. The van der Waals surface area contributed by atoms with E-state index in [-0.39, 0.29) is 18.9 Å². The number of allylic oxidation sites excluding steroid dienone is 24. The molecule has 86 heavy (non-hydrogen) atoms. The first-order valence-electron chi connectivity index (χ1n) is 33.1. The summed E-state index contributed by atoms with van der Waals surface area (Å²) in [7, 11) is 0. The number of amides is 1. The van der Waals surface area contributed by atoms with Crippen molar-refractivity contribution in [2.24, 2.45) is 0 Å². The Balaban J connectivity index is 1.63. The fourth-order valence-electron chi connectivity index (χ4n) is 9.81. The molecule has 2 heterocycles. The Morgan fingerprint density at radius 2 is 0.802 bits per heavy atom. The normalized spacial score (nSPS) is 24.4. The lowest BCUT2D eigenvalue weighted by Crippen LogP contribution is -2.65. The molecule has 2 rings (SSSR count). The Bertz CT molecular complexity index is 2000. The average molecular weight is 1200 g/mol. The maximum Gasteiger partial charge on any atom is 0.220 e. The van der Waals surface area contributed by atoms with Crippen LogP contribution in [-0.2, 0) is 23.7 Å². The van der Waals surface area contributed by atoms with Crippen molar-refractivity contribution >= 4 is 5.91 Å². The van der Waals surface area contributed by atoms with Crippen LogP contribution in [0.4, 0.5) is 0 Å². The van der Waals surface area contributed by atoms with Gasteiger partial charge in [0, 0.05) is 6.42 Å². The molecule has 2 fully saturated rings. The summed E-state index contributed by atoms with van der Waals surface area (Å²) < 4.78 is 22.8. The number of nitrogens with one attached hydrogen (secondary N) is 1. The number of aliphatic hydroxyl groups excluding tert-OH is 8. The van der Waals surface area contributed by atoms with E-state index in [2.05, 4.69) is 165 Å². The predicted molar refractivity (Wildman–Crippen MR) is 350 cm³/mol. The van der Waals surface area contributed by atoms with Gasteiger partial charge >= 0.3 is 0 Å². The van der Waals surface area contributed by atoms with Crippen LogP contribution in [0, 0.1) is 0 Å². The molecule has 9 N–H and O–H groups in total. The van der Waals surface area contributed by atoms with Gasteiger partial charge in [0.05, 0.1) is 32.0 Å². The minimum Gasteiger partial charge on any atom is -0.394 e. The first kappa shape index (κ1) is 78.0. The summed E-state index contributed by atoms with van der Waals surface area (Å²) in [5.41, 5.74) is 0. The largest absolute Gasteiger partial charge is 0.394 e. The van der Waals surface area contributed by atoms with Crippen molar-refractivity contribution in [1.82, 2.24) is 5.32 Å². The molecule has 2 aliphatic heterocycles. The second-order valence-corrected chi connectivity index (χ2v) is 22.5. The van der Waals surface area contributed by atoms with Crippen LogP contribution < -0.4 is 5.32 Å². The standard InChI is InChI=1S/C72H117NO13/c1-3-5-7-9-11-13-15-16-17-18-19-20-21-22-23-24-25-26-27-28-29-30-31-32-33-34-35-36-37-38-39-40-41-42-43-44-46-48-50-52-54-56-64(77)73-60(61(76)55-53-51-49-47-45-14-12-10-8-6-4-2)59-83-71-69(82)67(80)70(63(58-75)85-71)86-72-68(81)66(79)65(78)62(57-74)84-72/h5,7,11,13,16-17,19-20,22-23,25-26,28-29,31-32,34-35,37-38,40-41,43-44,60-63,65-72,74-76,78-82H,3-4,6,8-10,12,14-15,18,21,24,27,30,33,36,39,42,45-59H2,1-2H3,(H,73,77)/b7-5-,13-11-,17-16-,20-19-,23-22-,26-25-,29-28-,32-31-,35-34-,38-37-,41-40-,44-43-. The van der Waals surface area contributed by atoms with E-state index in [1.54, 1.807) is 0 Å². The maximum atomic E-state index is 13.3. The van der Waals surface area contributed by atoms with Crippen molar-refractivity contribution in [3.05, 3.63) is 146 Å². The number of hydrogen-bond donors (Lipinski definition) is 9. The Labute approximate surface area is 519 Å². The summed E-state index contributed by atoms with van der Waals surface area (Å²) in [6, 6.07) is -0.852. The second kappa shape index (κ2) is 55.0. The molecule has 488 valence electrons. The van der Waals surface area contributed by atoms with Gasteiger partial charge in [0.1, 0.15) is 48.8 Å². The van der Waals surface area contributed by atoms with Crippen LogP contribution in [0.3, 0.4) is 0 Å². The van der Waals surface area contributed by atoms with Gasteiger partial charge in [-0.1, -0.05) is 243 Å². The van der Waals surface area contributed by atoms with E-state index >= 15 is 0 Å². The third-order valence-electron chi connectivity index (χ3n) is 15.1. The second-order valence-electron chi connectivity index (χ2n) is 22.5. The van der Waals surface area contributed by atoms with Gasteiger partial charge in [0.2, 0.25) is 5.91 Å². The van der Waals surface area contributed by atoms with E-state index in [0.29, 0.717) is 12.8 Å². The van der Waals surface area contributed by atoms with Gasteiger partial charge in [-0.15, -0.1) is 0 Å². The quantitative estimate of drug-likeness (QED) is 0.0204. The lowest BCUT2D eigenvalue weighted by Gasteiger charge is -2.46.